The number of anilines is 1. The molecule has 6 N–H and O–H groups in total. The van der Waals surface area contributed by atoms with Crippen molar-refractivity contribution in [3.63, 3.8) is 0 Å². The minimum atomic E-state index is -0.836. The Morgan fingerprint density at radius 1 is 0.849 bits per heavy atom. The molecule has 73 heavy (non-hydrogen) atoms. The van der Waals surface area contributed by atoms with E-state index in [1.165, 1.54) is 41.7 Å². The number of hydrogen-bond donors (Lipinski definition) is 5. The fourth-order valence-electron chi connectivity index (χ4n) is 9.77. The van der Waals surface area contributed by atoms with Gasteiger partial charge in [-0.05, 0) is 73.0 Å². The maximum Gasteiger partial charge on any atom is 0.246 e. The van der Waals surface area contributed by atoms with E-state index in [4.69, 9.17) is 10.5 Å². The average Bonchev–Trinajstić information content (AvgIpc) is 4.00. The largest absolute Gasteiger partial charge is 0.507 e. The number of nitrogens with zero attached hydrogens (tertiary/aromatic N) is 6. The first kappa shape index (κ1) is 54.8. The molecule has 4 atom stereocenters. The van der Waals surface area contributed by atoms with Crippen molar-refractivity contribution in [2.75, 3.05) is 51.6 Å². The number of β-amino-alcohol motifs (C(OH)–C–C–N with tert-alkyl or cyclic N) is 1. The number of aliphatic hydroxyl groups is 1. The van der Waals surface area contributed by atoms with E-state index in [1.807, 2.05) is 70.5 Å². The zero-order chi connectivity index (χ0) is 51.9. The average molecular weight is 1020 g/mol. The Morgan fingerprint density at radius 2 is 1.51 bits per heavy atom. The van der Waals surface area contributed by atoms with E-state index >= 15 is 0 Å². The van der Waals surface area contributed by atoms with Crippen LogP contribution in [-0.2, 0) is 27.3 Å². The summed E-state index contributed by atoms with van der Waals surface area (Å²) in [4.78, 5) is 53.1. The Hall–Kier alpha value is -5.94. The number of aromatic nitrogens is 3. The van der Waals surface area contributed by atoms with Gasteiger partial charge in [-0.3, -0.25) is 19.3 Å². The number of thiazole rings is 1. The van der Waals surface area contributed by atoms with Crippen LogP contribution in [0, 0.1) is 12.3 Å². The number of nitrogens with two attached hydrogens (primary N) is 1. The summed E-state index contributed by atoms with van der Waals surface area (Å²) in [5.74, 6) is -0.0355. The van der Waals surface area contributed by atoms with Crippen LogP contribution in [0.5, 0.6) is 11.5 Å². The summed E-state index contributed by atoms with van der Waals surface area (Å²) in [6, 6.07) is 23.5. The number of carbonyl (C=O) groups is 3. The molecule has 0 saturated carbocycles. The summed E-state index contributed by atoms with van der Waals surface area (Å²) >= 11 is 1.59. The van der Waals surface area contributed by atoms with Crippen LogP contribution in [0.3, 0.4) is 0 Å². The van der Waals surface area contributed by atoms with Crippen LogP contribution in [0.4, 0.5) is 5.82 Å². The third-order valence-electron chi connectivity index (χ3n) is 14.2. The van der Waals surface area contributed by atoms with Crippen LogP contribution >= 0.6 is 11.3 Å². The number of phenols is 1. The number of rotatable bonds is 24. The molecule has 0 bridgehead atoms. The molecule has 7 rings (SSSR count). The number of nitrogens with one attached hydrogen (secondary N) is 2. The van der Waals surface area contributed by atoms with Gasteiger partial charge in [0.2, 0.25) is 17.7 Å². The predicted molar refractivity (Wildman–Crippen MR) is 289 cm³/mol. The third kappa shape index (κ3) is 15.8. The number of nitrogen functional groups attached to an aromatic ring is 1. The first-order valence-electron chi connectivity index (χ1n) is 26.3. The second kappa shape index (κ2) is 26.3. The second-order valence-electron chi connectivity index (χ2n) is 21.0. The molecule has 3 amide bonds. The van der Waals surface area contributed by atoms with Crippen molar-refractivity contribution >= 4 is 34.9 Å². The number of piperazine rings is 1. The highest BCUT2D eigenvalue weighted by Gasteiger charge is 2.44. The number of aryl methyl sites for hydroxylation is 1. The van der Waals surface area contributed by atoms with E-state index in [1.54, 1.807) is 35.6 Å². The van der Waals surface area contributed by atoms with Crippen molar-refractivity contribution in [2.45, 2.75) is 136 Å². The molecule has 2 aliphatic rings. The van der Waals surface area contributed by atoms with Gasteiger partial charge in [0.1, 0.15) is 23.5 Å². The molecule has 15 nitrogen and oxygen atoms in total. The second-order valence-corrected chi connectivity index (χ2v) is 21.8. The topological polar surface area (TPSA) is 199 Å². The summed E-state index contributed by atoms with van der Waals surface area (Å²) in [5, 5.41) is 35.1. The van der Waals surface area contributed by atoms with Crippen molar-refractivity contribution < 1.29 is 29.3 Å². The Bertz CT molecular complexity index is 2560. The molecule has 16 heteroatoms. The summed E-state index contributed by atoms with van der Waals surface area (Å²) in [6.45, 7) is 16.5. The Morgan fingerprint density at radius 3 is 2.18 bits per heavy atom. The van der Waals surface area contributed by atoms with Crippen molar-refractivity contribution in [3.8, 4) is 33.2 Å². The molecule has 0 spiro atoms. The van der Waals surface area contributed by atoms with E-state index in [0.717, 1.165) is 93.1 Å². The number of aromatic hydroxyl groups is 1. The van der Waals surface area contributed by atoms with E-state index in [2.05, 4.69) is 59.9 Å². The van der Waals surface area contributed by atoms with Crippen molar-refractivity contribution in [1.82, 2.24) is 40.5 Å². The zero-order valence-electron chi connectivity index (χ0n) is 43.5. The summed E-state index contributed by atoms with van der Waals surface area (Å²) in [6.07, 6.45) is 9.19. The smallest absolute Gasteiger partial charge is 0.246 e. The summed E-state index contributed by atoms with van der Waals surface area (Å²) in [5.41, 5.74) is 13.8. The SMILES string of the molecule is Cc1ncsc1-c1ccc([C@H](C)NC(=O)[C@@H]2C[C@@H](O)CN2C(=O)[C@@H](NC(=O)CCCCCCCCCCN2CCN(Cc3ccc(CCOc4cc(-c5ccccc5O)nnc4N)cc3)CC2)C(C)(C)C)cc1. The molecule has 2 aromatic heterocycles. The van der Waals surface area contributed by atoms with Crippen molar-refractivity contribution in [3.05, 3.63) is 107 Å². The molecule has 2 saturated heterocycles. The van der Waals surface area contributed by atoms with Crippen LogP contribution in [-0.4, -0.2) is 122 Å². The maximum atomic E-state index is 14.1. The number of para-hydroxylation sites is 1. The number of aliphatic hydroxyl groups excluding tert-OH is 1. The number of hydrogen-bond acceptors (Lipinski definition) is 13. The molecule has 2 fully saturated rings. The van der Waals surface area contributed by atoms with Crippen molar-refractivity contribution in [1.29, 1.82) is 0 Å². The van der Waals surface area contributed by atoms with Crippen LogP contribution in [0.25, 0.3) is 21.7 Å². The van der Waals surface area contributed by atoms with Gasteiger partial charge >= 0.3 is 0 Å². The fourth-order valence-corrected chi connectivity index (χ4v) is 10.6. The lowest BCUT2D eigenvalue weighted by Crippen LogP contribution is -2.57. The zero-order valence-corrected chi connectivity index (χ0v) is 44.3. The number of amides is 3. The normalized spacial score (nSPS) is 17.3. The molecule has 5 aromatic rings. The number of carbonyl (C=O) groups excluding carboxylic acids is 3. The van der Waals surface area contributed by atoms with Crippen LogP contribution < -0.4 is 21.1 Å². The highest BCUT2D eigenvalue weighted by molar-refractivity contribution is 7.13. The van der Waals surface area contributed by atoms with Crippen molar-refractivity contribution in [2.24, 2.45) is 5.41 Å². The summed E-state index contributed by atoms with van der Waals surface area (Å²) < 4.78 is 5.98. The Balaban J connectivity index is 0.721. The van der Waals surface area contributed by atoms with Crippen LogP contribution in [0.15, 0.2) is 84.4 Å². The highest BCUT2D eigenvalue weighted by atomic mass is 32.1. The number of ether oxygens (including phenoxy) is 1. The molecule has 0 unspecified atom stereocenters. The maximum absolute atomic E-state index is 14.1. The van der Waals surface area contributed by atoms with Gasteiger partial charge in [-0.15, -0.1) is 21.5 Å². The number of benzene rings is 3. The van der Waals surface area contributed by atoms with Crippen LogP contribution in [0.1, 0.15) is 120 Å². The van der Waals surface area contributed by atoms with Gasteiger partial charge in [0.05, 0.1) is 34.8 Å². The molecule has 392 valence electrons. The third-order valence-corrected chi connectivity index (χ3v) is 15.2. The molecule has 0 radical (unpaired) electrons. The van der Waals surface area contributed by atoms with Gasteiger partial charge < -0.3 is 41.1 Å². The van der Waals surface area contributed by atoms with Gasteiger partial charge in [-0.2, -0.15) is 0 Å². The minimum absolute atomic E-state index is 0.0437. The molecule has 4 heterocycles. The fraction of sp³-hybridized carbons (Fsp3) is 0.509. The molecular formula is C57H77N9O6S. The van der Waals surface area contributed by atoms with Gasteiger partial charge in [0, 0.05) is 70.2 Å². The number of unbranched alkanes of at least 4 members (excludes halogenated alkanes) is 7. The van der Waals surface area contributed by atoms with E-state index in [0.29, 0.717) is 30.0 Å². The van der Waals surface area contributed by atoms with Gasteiger partial charge in [-0.1, -0.05) is 120 Å². The minimum Gasteiger partial charge on any atom is -0.507 e. The standard InChI is InChI=1S/C57H77N9O6S/c1-39(43-23-25-44(26-24-43)52-40(2)59-38-73-52)60-55(70)48-34-45(67)37-66(48)56(71)53(57(3,4)5)61-51(69)18-12-10-8-6-7-9-11-15-28-64-29-31-65(32-30-64)36-42-21-19-41(20-22-42)27-33-72-50-35-47(62-63-54(50)58)46-16-13-14-17-49(46)68/h13-14,16-17,19-26,35,38-39,45,48,53,67-68H,6-12,15,18,27-34,36-37H2,1-5H3,(H2,58,63)(H,60,70)(H,61,69)/t39-,45+,48-,53+/m0/s1. The monoisotopic (exact) mass is 1020 g/mol. The van der Waals surface area contributed by atoms with E-state index in [-0.39, 0.29) is 48.3 Å². The predicted octanol–water partition coefficient (Wildman–Crippen LogP) is 8.48. The quantitative estimate of drug-likeness (QED) is 0.0370. The lowest BCUT2D eigenvalue weighted by Gasteiger charge is -2.35. The number of likely N-dealkylation sites (tertiary alicyclic amines) is 1. The molecule has 2 aliphatic heterocycles. The van der Waals surface area contributed by atoms with Gasteiger partial charge in [0.25, 0.3) is 0 Å². The lowest BCUT2D eigenvalue weighted by atomic mass is 9.85. The lowest BCUT2D eigenvalue weighted by molar-refractivity contribution is -0.144. The molecule has 0 aliphatic carbocycles. The Kier molecular flexibility index (Phi) is 19.8. The van der Waals surface area contributed by atoms with E-state index in [9.17, 15) is 24.6 Å². The first-order chi connectivity index (χ1) is 35.1. The first-order valence-corrected chi connectivity index (χ1v) is 27.2. The van der Waals surface area contributed by atoms with Crippen LogP contribution in [0.2, 0.25) is 0 Å². The van der Waals surface area contributed by atoms with Gasteiger partial charge in [0.15, 0.2) is 11.6 Å². The van der Waals surface area contributed by atoms with E-state index < -0.39 is 23.6 Å². The molecule has 3 aromatic carbocycles. The van der Waals surface area contributed by atoms with Gasteiger partial charge in [-0.25, -0.2) is 4.98 Å². The Labute approximate surface area is 435 Å². The molecular weight excluding hydrogens is 939 g/mol. The number of phenolic OH excluding ortho intramolecular Hbond substituents is 1. The summed E-state index contributed by atoms with van der Waals surface area (Å²) in [7, 11) is 0. The highest BCUT2D eigenvalue weighted by Crippen LogP contribution is 2.32.